The SMILES string of the molecule is CO[C@H]1C[C@@H]2CC[C@@H](C)[C@@](O)(O2)C(=O)C(=O)N2CCCC[C@H]2C(=O)O[C@H]([C@H](C)CC2CC[C@H](OC(=O)NCCc3ccccn3)[C@@H](OC)C2)CC(=O)[C@H](C)/C=C(\C)[C@@H](O)[C@@H](OC)C(=O)[C@H](C)C[C@H](C)/C=C/C=C/C=C/1C.O=C(O)/C=C\C(=O)O. The van der Waals surface area contributed by atoms with Gasteiger partial charge in [-0.1, -0.05) is 77.1 Å². The number of esters is 1. The zero-order valence-electron chi connectivity index (χ0n) is 50.5. The number of amides is 2. The van der Waals surface area contributed by atoms with E-state index >= 15 is 0 Å². The Bertz CT molecular complexity index is 2510. The fourth-order valence-electron chi connectivity index (χ4n) is 11.4. The van der Waals surface area contributed by atoms with E-state index in [2.05, 4.69) is 10.3 Å². The molecule has 2 amide bonds. The maximum atomic E-state index is 14.6. The average molecular weight is 1180 g/mol. The van der Waals surface area contributed by atoms with E-state index in [1.807, 2.05) is 76.3 Å². The molecule has 84 heavy (non-hydrogen) atoms. The summed E-state index contributed by atoms with van der Waals surface area (Å²) >= 11 is 0. The highest BCUT2D eigenvalue weighted by Gasteiger charge is 2.53. The summed E-state index contributed by atoms with van der Waals surface area (Å²) in [6.07, 6.45) is 13.4. The van der Waals surface area contributed by atoms with Crippen LogP contribution in [-0.2, 0) is 68.4 Å². The smallest absolute Gasteiger partial charge is 0.407 e. The molecule has 1 saturated carbocycles. The third-order valence-electron chi connectivity index (χ3n) is 16.5. The molecule has 3 fully saturated rings. The predicted molar refractivity (Wildman–Crippen MR) is 310 cm³/mol. The van der Waals surface area contributed by atoms with Crippen molar-refractivity contribution in [3.05, 3.63) is 89.8 Å². The number of aliphatic carboxylic acids is 2. The quantitative estimate of drug-likeness (QED) is 0.0595. The molecule has 21 nitrogen and oxygen atoms in total. The number of hydrogen-bond acceptors (Lipinski definition) is 17. The van der Waals surface area contributed by atoms with Gasteiger partial charge < -0.3 is 59.1 Å². The molecule has 5 rings (SSSR count). The minimum absolute atomic E-state index is 0.00205. The van der Waals surface area contributed by atoms with Crippen LogP contribution in [0.1, 0.15) is 131 Å². The van der Waals surface area contributed by atoms with Gasteiger partial charge >= 0.3 is 24.0 Å². The Labute approximate surface area is 494 Å². The van der Waals surface area contributed by atoms with Gasteiger partial charge in [-0.25, -0.2) is 19.2 Å². The summed E-state index contributed by atoms with van der Waals surface area (Å²) in [6.45, 7) is 13.0. The molecule has 2 saturated heterocycles. The monoisotopic (exact) mass is 1180 g/mol. The van der Waals surface area contributed by atoms with Crippen molar-refractivity contribution < 1.29 is 87.2 Å². The number of carbonyl (C=O) groups is 8. The van der Waals surface area contributed by atoms with Crippen LogP contribution in [0, 0.1) is 35.5 Å². The third kappa shape index (κ3) is 21.4. The summed E-state index contributed by atoms with van der Waals surface area (Å²) in [6, 6.07) is 4.42. The van der Waals surface area contributed by atoms with E-state index in [0.717, 1.165) is 11.3 Å². The highest BCUT2D eigenvalue weighted by atomic mass is 16.6. The second kappa shape index (κ2) is 34.7. The van der Waals surface area contributed by atoms with E-state index in [1.54, 1.807) is 47.3 Å². The molecule has 1 unspecified atom stereocenters. The topological polar surface area (TPSA) is 301 Å². The van der Waals surface area contributed by atoms with Crippen molar-refractivity contribution in [1.82, 2.24) is 15.2 Å². The second-order valence-electron chi connectivity index (χ2n) is 23.0. The Morgan fingerprint density at radius 2 is 1.57 bits per heavy atom. The summed E-state index contributed by atoms with van der Waals surface area (Å²) in [7, 11) is 4.52. The Morgan fingerprint density at radius 3 is 2.21 bits per heavy atom. The summed E-state index contributed by atoms with van der Waals surface area (Å²) in [5.41, 5.74) is 2.08. The number of Topliss-reactive ketones (excluding diaryl/α,β-unsaturated/α-hetero) is 3. The first-order chi connectivity index (χ1) is 39.8. The van der Waals surface area contributed by atoms with Gasteiger partial charge in [0.25, 0.3) is 11.7 Å². The number of ketones is 3. The molecule has 15 atom stereocenters. The van der Waals surface area contributed by atoms with Crippen molar-refractivity contribution in [1.29, 1.82) is 0 Å². The van der Waals surface area contributed by atoms with Gasteiger partial charge in [-0.3, -0.25) is 24.2 Å². The van der Waals surface area contributed by atoms with Crippen molar-refractivity contribution in [2.75, 3.05) is 34.4 Å². The van der Waals surface area contributed by atoms with Gasteiger partial charge in [0.05, 0.1) is 18.3 Å². The third-order valence-corrected chi connectivity index (χ3v) is 16.5. The largest absolute Gasteiger partial charge is 0.478 e. The predicted octanol–water partition coefficient (Wildman–Crippen LogP) is 7.26. The number of hydrogen-bond donors (Lipinski definition) is 5. The van der Waals surface area contributed by atoms with Gasteiger partial charge in [0, 0.05) is 95.5 Å². The first-order valence-corrected chi connectivity index (χ1v) is 29.3. The molecule has 4 aliphatic rings. The molecule has 0 spiro atoms. The first-order valence-electron chi connectivity index (χ1n) is 29.3. The van der Waals surface area contributed by atoms with E-state index < -0.39 is 114 Å². The Kier molecular flexibility index (Phi) is 29.0. The van der Waals surface area contributed by atoms with Crippen LogP contribution in [0.25, 0.3) is 0 Å². The van der Waals surface area contributed by atoms with Gasteiger partial charge in [0.15, 0.2) is 5.78 Å². The normalized spacial score (nSPS) is 33.5. The van der Waals surface area contributed by atoms with Gasteiger partial charge in [-0.15, -0.1) is 0 Å². The van der Waals surface area contributed by atoms with E-state index in [9.17, 15) is 48.6 Å². The molecular formula is C63H91N3O18. The Morgan fingerprint density at radius 1 is 0.857 bits per heavy atom. The molecule has 4 heterocycles. The fourth-order valence-corrected chi connectivity index (χ4v) is 11.4. The van der Waals surface area contributed by atoms with E-state index in [0.29, 0.717) is 94.9 Å². The number of methoxy groups -OCH3 is 3. The zero-order valence-corrected chi connectivity index (χ0v) is 50.5. The Hall–Kier alpha value is -6.23. The zero-order chi connectivity index (χ0) is 62.3. The molecule has 0 radical (unpaired) electrons. The number of pyridine rings is 1. The lowest BCUT2D eigenvalue weighted by Crippen LogP contribution is -2.61. The summed E-state index contributed by atoms with van der Waals surface area (Å²) in [5.74, 6) is -10.9. The highest BCUT2D eigenvalue weighted by Crippen LogP contribution is 2.38. The molecule has 1 aromatic rings. The fraction of sp³-hybridized carbons (Fsp3) is 0.635. The summed E-state index contributed by atoms with van der Waals surface area (Å²) in [4.78, 5) is 109. The number of aliphatic hydroxyl groups is 2. The second-order valence-corrected chi connectivity index (χ2v) is 23.0. The highest BCUT2D eigenvalue weighted by molar-refractivity contribution is 6.39. The van der Waals surface area contributed by atoms with E-state index in [4.69, 9.17) is 38.6 Å². The number of carboxylic acids is 2. The van der Waals surface area contributed by atoms with E-state index in [-0.39, 0.29) is 42.8 Å². The number of fused-ring (bicyclic) bond motifs is 3. The maximum Gasteiger partial charge on any atom is 0.407 e. The van der Waals surface area contributed by atoms with Crippen molar-refractivity contribution in [3.8, 4) is 0 Å². The van der Waals surface area contributed by atoms with Gasteiger partial charge in [-0.05, 0) is 119 Å². The van der Waals surface area contributed by atoms with Crippen LogP contribution in [0.15, 0.2) is 84.2 Å². The number of nitrogens with zero attached hydrogens (tertiary/aromatic N) is 2. The van der Waals surface area contributed by atoms with Crippen LogP contribution >= 0.6 is 0 Å². The average Bonchev–Trinajstić information content (AvgIpc) is 1.91. The van der Waals surface area contributed by atoms with Gasteiger partial charge in [0.2, 0.25) is 5.79 Å². The Balaban J connectivity index is 0.00000176. The number of rotatable bonds is 12. The minimum atomic E-state index is -2.46. The number of allylic oxidation sites excluding steroid dienone is 6. The molecule has 21 heteroatoms. The molecule has 5 N–H and O–H groups in total. The molecule has 1 aromatic heterocycles. The summed E-state index contributed by atoms with van der Waals surface area (Å²) < 4.78 is 35.7. The van der Waals surface area contributed by atoms with Crippen molar-refractivity contribution in [3.63, 3.8) is 0 Å². The van der Waals surface area contributed by atoms with Crippen LogP contribution in [0.5, 0.6) is 0 Å². The van der Waals surface area contributed by atoms with Crippen molar-refractivity contribution in [2.24, 2.45) is 35.5 Å². The number of aliphatic hydroxyl groups excluding tert-OH is 1. The number of aromatic nitrogens is 1. The number of ether oxygens (including phenoxy) is 6. The lowest BCUT2D eigenvalue weighted by Gasteiger charge is -2.42. The van der Waals surface area contributed by atoms with Crippen LogP contribution < -0.4 is 5.32 Å². The summed E-state index contributed by atoms with van der Waals surface area (Å²) in [5, 5.41) is 42.0. The lowest BCUT2D eigenvalue weighted by molar-refractivity contribution is -0.265. The van der Waals surface area contributed by atoms with Crippen molar-refractivity contribution >= 4 is 47.3 Å². The molecular weight excluding hydrogens is 1090 g/mol. The van der Waals surface area contributed by atoms with Crippen LogP contribution in [0.3, 0.4) is 0 Å². The van der Waals surface area contributed by atoms with Gasteiger partial charge in [-0.2, -0.15) is 0 Å². The van der Waals surface area contributed by atoms with E-state index in [1.165, 1.54) is 12.0 Å². The molecule has 2 bridgehead atoms. The minimum Gasteiger partial charge on any atom is -0.478 e. The van der Waals surface area contributed by atoms with Crippen LogP contribution in [0.2, 0.25) is 0 Å². The number of nitrogens with one attached hydrogen (secondary N) is 1. The molecule has 1 aliphatic carbocycles. The maximum absolute atomic E-state index is 14.6. The van der Waals surface area contributed by atoms with Gasteiger partial charge in [0.1, 0.15) is 36.2 Å². The number of alkyl carbamates (subject to hydrolysis) is 1. The standard InChI is InChI=1S/C59H87N3O14.C4H4O4/c1-36-18-12-11-13-19-37(2)49(71-8)34-45-24-22-42(7)59(70,76-45)55(66)56(67)62-29-17-15-21-46(62)57(68)74-50(35-47(63)38(3)31-41(6)53(65)54(73-10)52(64)40(5)30-36)39(4)32-43-23-25-48(51(33-43)72-9)75-58(69)61-28-26-44-20-14-16-27-60-44;5-3(6)1-2-4(7)8/h11-14,16,18-20,27,31,36,38-40,42-43,45-46,48-51,53-54,65,70H,15,17,21-26,28-30,32-35H2,1-10H3,(H,61,69);1-2H,(H,5,6)(H,7,8)/b13-11+,18-12+,37-19+,41-31+;2-1-/t36-,38-,39-,40-,42-,43?,45+,46+,48+,49+,50+,51+,53-,54+,59-;/m1./s1. The number of piperidine rings is 1. The lowest BCUT2D eigenvalue weighted by atomic mass is 9.78. The number of cyclic esters (lactones) is 1. The molecule has 466 valence electrons. The molecule has 0 aromatic carbocycles. The van der Waals surface area contributed by atoms with Crippen LogP contribution in [0.4, 0.5) is 4.79 Å². The molecule has 3 aliphatic heterocycles. The van der Waals surface area contributed by atoms with Crippen LogP contribution in [-0.4, -0.2) is 167 Å². The first kappa shape index (κ1) is 70.3. The van der Waals surface area contributed by atoms with Crippen molar-refractivity contribution in [2.45, 2.75) is 186 Å². The number of carbonyl (C=O) groups excluding carboxylic acids is 6. The number of carboxylic acid groups (broad SMARTS) is 2.